The molecule has 4 aromatic rings. The Morgan fingerprint density at radius 2 is 1.57 bits per heavy atom. The number of aryl methyl sites for hydroxylation is 1. The number of nitrogens with zero attached hydrogens (tertiary/aromatic N) is 1. The van der Waals surface area contributed by atoms with Crippen LogP contribution in [0.3, 0.4) is 0 Å². The molecule has 0 aliphatic carbocycles. The standard InChI is InChI=1S/C36H35NO5/c1-5-41-30-18-13-27(14-19-30)33-32(35(39)36(40)37(33)29-16-11-26(12-17-29)23(2)3)34(38)28-15-20-31(24(4)21-28)42-22-25-9-7-6-8-10-25/h6-21,23,33,38H,5,22H2,1-4H3/b34-32-. The molecule has 6 nitrogen and oxygen atoms in total. The van der Waals surface area contributed by atoms with Crippen molar-refractivity contribution in [2.75, 3.05) is 11.5 Å². The summed E-state index contributed by atoms with van der Waals surface area (Å²) < 4.78 is 11.6. The summed E-state index contributed by atoms with van der Waals surface area (Å²) in [5.41, 5.74) is 4.70. The molecule has 0 spiro atoms. The number of carbonyl (C=O) groups excluding carboxylic acids is 2. The molecule has 0 aromatic heterocycles. The summed E-state index contributed by atoms with van der Waals surface area (Å²) in [5.74, 6) is 0.0181. The van der Waals surface area contributed by atoms with E-state index in [4.69, 9.17) is 9.47 Å². The highest BCUT2D eigenvalue weighted by molar-refractivity contribution is 6.51. The number of rotatable bonds is 9. The van der Waals surface area contributed by atoms with Crippen molar-refractivity contribution in [2.24, 2.45) is 0 Å². The molecule has 5 rings (SSSR count). The van der Waals surface area contributed by atoms with Crippen LogP contribution in [0.1, 0.15) is 60.5 Å². The largest absolute Gasteiger partial charge is 0.507 e. The maximum Gasteiger partial charge on any atom is 0.300 e. The van der Waals surface area contributed by atoms with Crippen LogP contribution in [0.5, 0.6) is 11.5 Å². The number of hydrogen-bond acceptors (Lipinski definition) is 5. The van der Waals surface area contributed by atoms with Crippen LogP contribution in [0.15, 0.2) is 103 Å². The van der Waals surface area contributed by atoms with E-state index in [9.17, 15) is 14.7 Å². The molecule has 1 aliphatic heterocycles. The molecule has 6 heteroatoms. The molecule has 1 N–H and O–H groups in total. The maximum atomic E-state index is 13.6. The summed E-state index contributed by atoms with van der Waals surface area (Å²) in [4.78, 5) is 28.6. The number of benzene rings is 4. The Kier molecular flexibility index (Phi) is 8.43. The van der Waals surface area contributed by atoms with Crippen molar-refractivity contribution in [3.63, 3.8) is 0 Å². The molecule has 0 radical (unpaired) electrons. The molecule has 1 fully saturated rings. The fourth-order valence-corrected chi connectivity index (χ4v) is 5.20. The summed E-state index contributed by atoms with van der Waals surface area (Å²) in [6, 6.07) is 29.2. The van der Waals surface area contributed by atoms with Gasteiger partial charge in [0, 0.05) is 11.3 Å². The molecule has 0 saturated carbocycles. The summed E-state index contributed by atoms with van der Waals surface area (Å²) in [7, 11) is 0. The second kappa shape index (κ2) is 12.4. The lowest BCUT2D eigenvalue weighted by atomic mass is 9.94. The molecule has 1 heterocycles. The molecule has 1 amide bonds. The van der Waals surface area contributed by atoms with E-state index in [1.54, 1.807) is 18.2 Å². The predicted octanol–water partition coefficient (Wildman–Crippen LogP) is 7.72. The first-order chi connectivity index (χ1) is 20.3. The van der Waals surface area contributed by atoms with Crippen LogP contribution in [0.4, 0.5) is 5.69 Å². The molecule has 0 bridgehead atoms. The smallest absolute Gasteiger partial charge is 0.300 e. The van der Waals surface area contributed by atoms with Crippen molar-refractivity contribution < 1.29 is 24.2 Å². The van der Waals surface area contributed by atoms with Gasteiger partial charge in [0.05, 0.1) is 18.2 Å². The first kappa shape index (κ1) is 28.7. The molecule has 1 atom stereocenters. The minimum atomic E-state index is -0.820. The zero-order chi connectivity index (χ0) is 29.8. The summed E-state index contributed by atoms with van der Waals surface area (Å²) >= 11 is 0. The first-order valence-corrected chi connectivity index (χ1v) is 14.2. The average Bonchev–Trinajstić information content (AvgIpc) is 3.27. The van der Waals surface area contributed by atoms with Crippen molar-refractivity contribution in [1.82, 2.24) is 0 Å². The van der Waals surface area contributed by atoms with Crippen LogP contribution in [-0.4, -0.2) is 23.4 Å². The molecular weight excluding hydrogens is 526 g/mol. The number of anilines is 1. The third-order valence-corrected chi connectivity index (χ3v) is 7.47. The van der Waals surface area contributed by atoms with Gasteiger partial charge in [0.2, 0.25) is 0 Å². The topological polar surface area (TPSA) is 76.1 Å². The van der Waals surface area contributed by atoms with Gasteiger partial charge in [-0.2, -0.15) is 0 Å². The summed E-state index contributed by atoms with van der Waals surface area (Å²) in [6.07, 6.45) is 0. The highest BCUT2D eigenvalue weighted by Gasteiger charge is 2.47. The Labute approximate surface area is 246 Å². The van der Waals surface area contributed by atoms with E-state index in [1.807, 2.05) is 92.7 Å². The van der Waals surface area contributed by atoms with Gasteiger partial charge in [-0.15, -0.1) is 0 Å². The lowest BCUT2D eigenvalue weighted by molar-refractivity contribution is -0.132. The van der Waals surface area contributed by atoms with Gasteiger partial charge in [-0.05, 0) is 84.5 Å². The number of ketones is 1. The van der Waals surface area contributed by atoms with Gasteiger partial charge in [-0.1, -0.05) is 68.4 Å². The zero-order valence-electron chi connectivity index (χ0n) is 24.3. The number of ether oxygens (including phenoxy) is 2. The molecular formula is C36H35NO5. The third kappa shape index (κ3) is 5.79. The van der Waals surface area contributed by atoms with E-state index in [0.717, 1.165) is 16.7 Å². The molecule has 1 saturated heterocycles. The van der Waals surface area contributed by atoms with Gasteiger partial charge in [-0.25, -0.2) is 0 Å². The van der Waals surface area contributed by atoms with Crippen LogP contribution in [0.25, 0.3) is 5.76 Å². The number of hydrogen-bond donors (Lipinski definition) is 1. The van der Waals surface area contributed by atoms with Gasteiger partial charge >= 0.3 is 0 Å². The molecule has 42 heavy (non-hydrogen) atoms. The van der Waals surface area contributed by atoms with Crippen LogP contribution < -0.4 is 14.4 Å². The number of carbonyl (C=O) groups is 2. The Morgan fingerprint density at radius 3 is 2.19 bits per heavy atom. The second-order valence-corrected chi connectivity index (χ2v) is 10.7. The minimum Gasteiger partial charge on any atom is -0.507 e. The van der Waals surface area contributed by atoms with Crippen LogP contribution in [-0.2, 0) is 16.2 Å². The van der Waals surface area contributed by atoms with E-state index in [1.165, 1.54) is 4.90 Å². The van der Waals surface area contributed by atoms with Crippen LogP contribution in [0.2, 0.25) is 0 Å². The van der Waals surface area contributed by atoms with Crippen molar-refractivity contribution in [3.8, 4) is 11.5 Å². The van der Waals surface area contributed by atoms with E-state index in [0.29, 0.717) is 47.4 Å². The Balaban J connectivity index is 1.55. The highest BCUT2D eigenvalue weighted by atomic mass is 16.5. The fraction of sp³-hybridized carbons (Fsp3) is 0.222. The van der Waals surface area contributed by atoms with E-state index >= 15 is 0 Å². The maximum absolute atomic E-state index is 13.6. The Morgan fingerprint density at radius 1 is 0.881 bits per heavy atom. The summed E-state index contributed by atoms with van der Waals surface area (Å²) in [6.45, 7) is 8.91. The number of aliphatic hydroxyl groups is 1. The SMILES string of the molecule is CCOc1ccc(C2/C(=C(/O)c3ccc(OCc4ccccc4)c(C)c3)C(=O)C(=O)N2c2ccc(C(C)C)cc2)cc1. The zero-order valence-corrected chi connectivity index (χ0v) is 24.3. The van der Waals surface area contributed by atoms with Gasteiger partial charge in [0.1, 0.15) is 23.9 Å². The molecule has 1 unspecified atom stereocenters. The monoisotopic (exact) mass is 561 g/mol. The average molecular weight is 562 g/mol. The number of Topliss-reactive ketones (excluding diaryl/α,β-unsaturated/α-hetero) is 1. The second-order valence-electron chi connectivity index (χ2n) is 10.7. The molecule has 4 aromatic carbocycles. The summed E-state index contributed by atoms with van der Waals surface area (Å²) in [5, 5.41) is 11.6. The lowest BCUT2D eigenvalue weighted by Gasteiger charge is -2.26. The minimum absolute atomic E-state index is 0.0365. The molecule has 1 aliphatic rings. The van der Waals surface area contributed by atoms with Crippen molar-refractivity contribution in [3.05, 3.63) is 130 Å². The van der Waals surface area contributed by atoms with Crippen molar-refractivity contribution >= 4 is 23.1 Å². The number of aliphatic hydroxyl groups excluding tert-OH is 1. The molecule has 214 valence electrons. The van der Waals surface area contributed by atoms with Gasteiger partial charge in [0.15, 0.2) is 0 Å². The predicted molar refractivity (Wildman–Crippen MR) is 165 cm³/mol. The fourth-order valence-electron chi connectivity index (χ4n) is 5.20. The number of amides is 1. The first-order valence-electron chi connectivity index (χ1n) is 14.2. The lowest BCUT2D eigenvalue weighted by Crippen LogP contribution is -2.29. The van der Waals surface area contributed by atoms with E-state index < -0.39 is 17.7 Å². The Hall–Kier alpha value is -4.84. The third-order valence-electron chi connectivity index (χ3n) is 7.47. The van der Waals surface area contributed by atoms with Gasteiger partial charge in [0.25, 0.3) is 11.7 Å². The van der Waals surface area contributed by atoms with E-state index in [2.05, 4.69) is 13.8 Å². The van der Waals surface area contributed by atoms with Crippen LogP contribution >= 0.6 is 0 Å². The van der Waals surface area contributed by atoms with Crippen LogP contribution in [0, 0.1) is 6.92 Å². The quantitative estimate of drug-likeness (QED) is 0.129. The normalized spacial score (nSPS) is 16.2. The Bertz CT molecular complexity index is 1610. The van der Waals surface area contributed by atoms with Crippen molar-refractivity contribution in [1.29, 1.82) is 0 Å². The van der Waals surface area contributed by atoms with E-state index in [-0.39, 0.29) is 11.3 Å². The highest BCUT2D eigenvalue weighted by Crippen LogP contribution is 2.43. The van der Waals surface area contributed by atoms with Crippen molar-refractivity contribution in [2.45, 2.75) is 46.3 Å². The van der Waals surface area contributed by atoms with Gasteiger partial charge in [-0.3, -0.25) is 14.5 Å². The van der Waals surface area contributed by atoms with Gasteiger partial charge < -0.3 is 14.6 Å².